The molecule has 0 heterocycles. The zero-order chi connectivity index (χ0) is 12.8. The smallest absolute Gasteiger partial charge is 0.335 e. The molecule has 5 heteroatoms. The highest BCUT2D eigenvalue weighted by Crippen LogP contribution is 2.22. The molecule has 0 aliphatic rings. The Kier molecular flexibility index (Phi) is 4.78. The number of nitrogens with two attached hydrogens (primary N) is 1. The molecule has 0 fully saturated rings. The van der Waals surface area contributed by atoms with Crippen LogP contribution >= 0.6 is 0 Å². The molecule has 1 unspecified atom stereocenters. The normalized spacial score (nSPS) is 11.9. The van der Waals surface area contributed by atoms with Gasteiger partial charge in [-0.25, -0.2) is 4.79 Å². The van der Waals surface area contributed by atoms with Crippen molar-refractivity contribution in [1.82, 2.24) is 0 Å². The topological polar surface area (TPSA) is 70.8 Å². The van der Waals surface area contributed by atoms with Crippen LogP contribution in [0.5, 0.6) is 5.75 Å². The van der Waals surface area contributed by atoms with Gasteiger partial charge in [0.05, 0.1) is 19.9 Å². The van der Waals surface area contributed by atoms with Gasteiger partial charge in [0.1, 0.15) is 5.75 Å². The summed E-state index contributed by atoms with van der Waals surface area (Å²) in [5, 5.41) is 0. The monoisotopic (exact) mass is 239 g/mol. The molecule has 17 heavy (non-hydrogen) atoms. The zero-order valence-corrected chi connectivity index (χ0v) is 10.2. The number of carbonyl (C=O) groups excluding carboxylic acids is 1. The first-order chi connectivity index (χ1) is 8.12. The Morgan fingerprint density at radius 1 is 1.35 bits per heavy atom. The Balaban J connectivity index is 2.80. The van der Waals surface area contributed by atoms with Gasteiger partial charge in [-0.2, -0.15) is 0 Å². The highest BCUT2D eigenvalue weighted by Gasteiger charge is 2.19. The van der Waals surface area contributed by atoms with Crippen LogP contribution in [0.1, 0.15) is 5.56 Å². The van der Waals surface area contributed by atoms with E-state index in [1.807, 2.05) is 6.07 Å². The predicted molar refractivity (Wildman–Crippen MR) is 63.9 cm³/mol. The third-order valence-corrected chi connectivity index (χ3v) is 2.46. The van der Waals surface area contributed by atoms with E-state index < -0.39 is 12.1 Å². The maximum atomic E-state index is 11.4. The molecule has 1 aromatic rings. The second-order valence-corrected chi connectivity index (χ2v) is 3.53. The fourth-order valence-corrected chi connectivity index (χ4v) is 1.52. The Bertz CT molecular complexity index is 392. The molecule has 1 rings (SSSR count). The average molecular weight is 239 g/mol. The van der Waals surface area contributed by atoms with Gasteiger partial charge in [0.25, 0.3) is 0 Å². The summed E-state index contributed by atoms with van der Waals surface area (Å²) in [5.74, 6) is 0.211. The van der Waals surface area contributed by atoms with Gasteiger partial charge >= 0.3 is 5.97 Å². The van der Waals surface area contributed by atoms with E-state index >= 15 is 0 Å². The van der Waals surface area contributed by atoms with E-state index in [-0.39, 0.29) is 0 Å². The molecule has 0 bridgehead atoms. The van der Waals surface area contributed by atoms with E-state index in [2.05, 4.69) is 4.74 Å². The highest BCUT2D eigenvalue weighted by atomic mass is 16.6. The number of carbonyl (C=O) groups is 1. The number of esters is 1. The van der Waals surface area contributed by atoms with E-state index in [9.17, 15) is 4.79 Å². The van der Waals surface area contributed by atoms with Gasteiger partial charge in [0, 0.05) is 13.5 Å². The minimum absolute atomic E-state index is 0.401. The molecular weight excluding hydrogens is 222 g/mol. The number of hydrogen-bond donors (Lipinski definition) is 1. The summed E-state index contributed by atoms with van der Waals surface area (Å²) in [5.41, 5.74) is 7.20. The van der Waals surface area contributed by atoms with Gasteiger partial charge < -0.3 is 19.9 Å². The van der Waals surface area contributed by atoms with Gasteiger partial charge in [-0.15, -0.1) is 0 Å². The van der Waals surface area contributed by atoms with E-state index in [1.54, 1.807) is 19.2 Å². The van der Waals surface area contributed by atoms with Crippen molar-refractivity contribution in [3.8, 4) is 5.75 Å². The van der Waals surface area contributed by atoms with E-state index in [1.165, 1.54) is 14.2 Å². The van der Waals surface area contributed by atoms with E-state index in [0.29, 0.717) is 17.9 Å². The lowest BCUT2D eigenvalue weighted by molar-refractivity contribution is -0.152. The molecular formula is C12H17NO4. The number of hydrogen-bond acceptors (Lipinski definition) is 5. The lowest BCUT2D eigenvalue weighted by Crippen LogP contribution is -2.26. The van der Waals surface area contributed by atoms with Crippen molar-refractivity contribution in [2.24, 2.45) is 0 Å². The molecule has 1 atom stereocenters. The molecule has 0 amide bonds. The van der Waals surface area contributed by atoms with Gasteiger partial charge in [0.2, 0.25) is 0 Å². The third kappa shape index (κ3) is 3.35. The summed E-state index contributed by atoms with van der Waals surface area (Å²) in [4.78, 5) is 11.4. The van der Waals surface area contributed by atoms with Crippen LogP contribution in [-0.4, -0.2) is 33.4 Å². The third-order valence-electron chi connectivity index (χ3n) is 2.46. The molecule has 0 aliphatic heterocycles. The number of methoxy groups -OCH3 is 3. The van der Waals surface area contributed by atoms with Crippen LogP contribution < -0.4 is 10.5 Å². The van der Waals surface area contributed by atoms with Crippen molar-refractivity contribution in [1.29, 1.82) is 0 Å². The fourth-order valence-electron chi connectivity index (χ4n) is 1.52. The number of rotatable bonds is 5. The van der Waals surface area contributed by atoms with Crippen molar-refractivity contribution >= 4 is 11.7 Å². The van der Waals surface area contributed by atoms with Crippen LogP contribution in [0.4, 0.5) is 5.69 Å². The zero-order valence-electron chi connectivity index (χ0n) is 10.2. The summed E-state index contributed by atoms with van der Waals surface area (Å²) in [6.07, 6.45) is -0.204. The molecule has 1 aromatic carbocycles. The van der Waals surface area contributed by atoms with Gasteiger partial charge in [0.15, 0.2) is 6.10 Å². The average Bonchev–Trinajstić information content (AvgIpc) is 2.35. The Hall–Kier alpha value is -1.75. The van der Waals surface area contributed by atoms with Gasteiger partial charge in [-0.1, -0.05) is 6.07 Å². The molecule has 0 saturated carbocycles. The van der Waals surface area contributed by atoms with Crippen molar-refractivity contribution in [3.63, 3.8) is 0 Å². The van der Waals surface area contributed by atoms with Gasteiger partial charge in [-0.3, -0.25) is 0 Å². The van der Waals surface area contributed by atoms with Crippen LogP contribution in [0, 0.1) is 0 Å². The minimum Gasteiger partial charge on any atom is -0.495 e. The summed E-state index contributed by atoms with van der Waals surface area (Å²) in [7, 11) is 4.35. The molecule has 2 N–H and O–H groups in total. The lowest BCUT2D eigenvalue weighted by Gasteiger charge is -2.13. The Labute approximate surface area is 100 Å². The minimum atomic E-state index is -0.618. The first-order valence-electron chi connectivity index (χ1n) is 5.15. The van der Waals surface area contributed by atoms with Crippen molar-refractivity contribution in [2.45, 2.75) is 12.5 Å². The number of ether oxygens (including phenoxy) is 3. The second kappa shape index (κ2) is 6.10. The van der Waals surface area contributed by atoms with Crippen molar-refractivity contribution in [2.75, 3.05) is 27.1 Å². The predicted octanol–water partition coefficient (Wildman–Crippen LogP) is 1.01. The number of anilines is 1. The maximum Gasteiger partial charge on any atom is 0.335 e. The molecule has 0 aliphatic carbocycles. The quantitative estimate of drug-likeness (QED) is 0.613. The van der Waals surface area contributed by atoms with E-state index in [4.69, 9.17) is 15.2 Å². The fraction of sp³-hybridized carbons (Fsp3) is 0.417. The first-order valence-corrected chi connectivity index (χ1v) is 5.15. The van der Waals surface area contributed by atoms with E-state index in [0.717, 1.165) is 5.56 Å². The number of nitrogen functional groups attached to an aromatic ring is 1. The number of benzene rings is 1. The van der Waals surface area contributed by atoms with Crippen LogP contribution in [0.3, 0.4) is 0 Å². The van der Waals surface area contributed by atoms with Crippen LogP contribution in [0.2, 0.25) is 0 Å². The molecule has 0 spiro atoms. The summed E-state index contributed by atoms with van der Waals surface area (Å²) in [6.45, 7) is 0. The molecule has 5 nitrogen and oxygen atoms in total. The largest absolute Gasteiger partial charge is 0.495 e. The summed E-state index contributed by atoms with van der Waals surface area (Å²) >= 11 is 0. The standard InChI is InChI=1S/C12H17NO4/c1-15-10-5-4-8(6-9(10)13)7-11(16-2)12(14)17-3/h4-6,11H,7,13H2,1-3H3. The molecule has 0 radical (unpaired) electrons. The summed E-state index contributed by atoms with van der Waals surface area (Å²) in [6, 6.07) is 5.35. The maximum absolute atomic E-state index is 11.4. The first kappa shape index (κ1) is 13.3. The van der Waals surface area contributed by atoms with Crippen molar-refractivity contribution in [3.05, 3.63) is 23.8 Å². The molecule has 94 valence electrons. The Morgan fingerprint density at radius 3 is 2.53 bits per heavy atom. The second-order valence-electron chi connectivity index (χ2n) is 3.53. The van der Waals surface area contributed by atoms with Crippen molar-refractivity contribution < 1.29 is 19.0 Å². The van der Waals surface area contributed by atoms with Crippen LogP contribution in [0.25, 0.3) is 0 Å². The lowest BCUT2D eigenvalue weighted by atomic mass is 10.1. The molecule has 0 aromatic heterocycles. The Morgan fingerprint density at radius 2 is 2.06 bits per heavy atom. The van der Waals surface area contributed by atoms with Crippen LogP contribution in [0.15, 0.2) is 18.2 Å². The van der Waals surface area contributed by atoms with Crippen LogP contribution in [-0.2, 0) is 20.7 Å². The van der Waals surface area contributed by atoms with Gasteiger partial charge in [-0.05, 0) is 17.7 Å². The highest BCUT2D eigenvalue weighted by molar-refractivity contribution is 5.75. The SMILES string of the molecule is COC(=O)C(Cc1ccc(OC)c(N)c1)OC. The molecule has 0 saturated heterocycles. The summed E-state index contributed by atoms with van der Waals surface area (Å²) < 4.78 is 14.7.